The van der Waals surface area contributed by atoms with Crippen LogP contribution in [0.5, 0.6) is 0 Å². The standard InChI is InChI=1S/C9H20O2/c1-5-8(6-7(2)3)9(4,10)11/h7-8,10-11H,5-6H2,1-4H3. The highest BCUT2D eigenvalue weighted by Gasteiger charge is 2.27. The van der Waals surface area contributed by atoms with Crippen molar-refractivity contribution in [1.82, 2.24) is 0 Å². The first-order chi connectivity index (χ1) is 4.88. The Balaban J connectivity index is 3.96. The first kappa shape index (κ1) is 10.9. The molecule has 68 valence electrons. The Morgan fingerprint density at radius 3 is 1.82 bits per heavy atom. The first-order valence-electron chi connectivity index (χ1n) is 4.32. The fraction of sp³-hybridized carbons (Fsp3) is 1.00. The van der Waals surface area contributed by atoms with Crippen LogP contribution in [0.2, 0.25) is 0 Å². The van der Waals surface area contributed by atoms with Gasteiger partial charge in [0.25, 0.3) is 0 Å². The Morgan fingerprint density at radius 1 is 1.27 bits per heavy atom. The zero-order valence-corrected chi connectivity index (χ0v) is 7.96. The van der Waals surface area contributed by atoms with E-state index in [9.17, 15) is 10.2 Å². The smallest absolute Gasteiger partial charge is 0.162 e. The van der Waals surface area contributed by atoms with Crippen LogP contribution in [0.3, 0.4) is 0 Å². The summed E-state index contributed by atoms with van der Waals surface area (Å²) in [5.74, 6) is -0.972. The van der Waals surface area contributed by atoms with Gasteiger partial charge in [0.15, 0.2) is 5.79 Å². The lowest BCUT2D eigenvalue weighted by molar-refractivity contribution is -0.189. The van der Waals surface area contributed by atoms with Crippen LogP contribution in [0.4, 0.5) is 0 Å². The van der Waals surface area contributed by atoms with E-state index in [1.54, 1.807) is 0 Å². The third-order valence-electron chi connectivity index (χ3n) is 2.02. The largest absolute Gasteiger partial charge is 0.366 e. The molecule has 2 heteroatoms. The van der Waals surface area contributed by atoms with E-state index in [1.807, 2.05) is 6.92 Å². The molecule has 1 unspecified atom stereocenters. The SMILES string of the molecule is CCC(CC(C)C)C(C)(O)O. The van der Waals surface area contributed by atoms with Crippen molar-refractivity contribution in [3.63, 3.8) is 0 Å². The molecule has 11 heavy (non-hydrogen) atoms. The van der Waals surface area contributed by atoms with E-state index in [-0.39, 0.29) is 5.92 Å². The van der Waals surface area contributed by atoms with Gasteiger partial charge in [-0.05, 0) is 25.7 Å². The van der Waals surface area contributed by atoms with Gasteiger partial charge in [0.1, 0.15) is 0 Å². The minimum atomic E-state index is -1.50. The molecule has 0 aromatic carbocycles. The first-order valence-corrected chi connectivity index (χ1v) is 4.32. The zero-order valence-electron chi connectivity index (χ0n) is 7.96. The average Bonchev–Trinajstić information content (AvgIpc) is 1.79. The van der Waals surface area contributed by atoms with Crippen molar-refractivity contribution < 1.29 is 10.2 Å². The Labute approximate surface area is 69.2 Å². The average molecular weight is 160 g/mol. The predicted molar refractivity (Wildman–Crippen MR) is 46.1 cm³/mol. The molecular formula is C9H20O2. The van der Waals surface area contributed by atoms with Crippen molar-refractivity contribution in [2.24, 2.45) is 11.8 Å². The monoisotopic (exact) mass is 160 g/mol. The van der Waals surface area contributed by atoms with Gasteiger partial charge >= 0.3 is 0 Å². The van der Waals surface area contributed by atoms with Crippen molar-refractivity contribution >= 4 is 0 Å². The molecule has 0 heterocycles. The summed E-state index contributed by atoms with van der Waals surface area (Å²) < 4.78 is 0. The van der Waals surface area contributed by atoms with Crippen molar-refractivity contribution in [2.45, 2.75) is 46.3 Å². The van der Waals surface area contributed by atoms with Gasteiger partial charge in [-0.15, -0.1) is 0 Å². The highest BCUT2D eigenvalue weighted by Crippen LogP contribution is 2.24. The maximum absolute atomic E-state index is 9.28. The van der Waals surface area contributed by atoms with Gasteiger partial charge in [0.05, 0.1) is 0 Å². The van der Waals surface area contributed by atoms with E-state index in [0.717, 1.165) is 12.8 Å². The summed E-state index contributed by atoms with van der Waals surface area (Å²) in [5.41, 5.74) is 0. The van der Waals surface area contributed by atoms with Crippen molar-refractivity contribution in [1.29, 1.82) is 0 Å². The molecule has 0 saturated carbocycles. The fourth-order valence-corrected chi connectivity index (χ4v) is 1.35. The van der Waals surface area contributed by atoms with Crippen LogP contribution in [0.25, 0.3) is 0 Å². The fourth-order valence-electron chi connectivity index (χ4n) is 1.35. The molecule has 0 spiro atoms. The van der Waals surface area contributed by atoms with Crippen LogP contribution in [-0.4, -0.2) is 16.0 Å². The quantitative estimate of drug-likeness (QED) is 0.615. The summed E-state index contributed by atoms with van der Waals surface area (Å²) in [7, 11) is 0. The van der Waals surface area contributed by atoms with E-state index in [2.05, 4.69) is 13.8 Å². The van der Waals surface area contributed by atoms with Crippen molar-refractivity contribution in [2.75, 3.05) is 0 Å². The maximum atomic E-state index is 9.28. The molecule has 0 radical (unpaired) electrons. The number of rotatable bonds is 4. The molecule has 1 atom stereocenters. The second-order valence-electron chi connectivity index (χ2n) is 3.83. The molecule has 0 aliphatic heterocycles. The molecule has 2 N–H and O–H groups in total. The molecule has 0 saturated heterocycles. The summed E-state index contributed by atoms with van der Waals surface area (Å²) in [6, 6.07) is 0. The zero-order chi connectivity index (χ0) is 9.07. The molecular weight excluding hydrogens is 140 g/mol. The third kappa shape index (κ3) is 4.38. The van der Waals surface area contributed by atoms with Crippen molar-refractivity contribution in [3.8, 4) is 0 Å². The lowest BCUT2D eigenvalue weighted by Gasteiger charge is -2.28. The lowest BCUT2D eigenvalue weighted by Crippen LogP contribution is -2.34. The second-order valence-corrected chi connectivity index (χ2v) is 3.83. The van der Waals surface area contributed by atoms with E-state index in [0.29, 0.717) is 5.92 Å². The Kier molecular flexibility index (Phi) is 4.04. The lowest BCUT2D eigenvalue weighted by atomic mass is 9.88. The predicted octanol–water partition coefficient (Wildman–Crippen LogP) is 1.76. The van der Waals surface area contributed by atoms with E-state index in [4.69, 9.17) is 0 Å². The molecule has 0 fully saturated rings. The molecule has 0 aromatic heterocycles. The van der Waals surface area contributed by atoms with Gasteiger partial charge in [-0.2, -0.15) is 0 Å². The van der Waals surface area contributed by atoms with Gasteiger partial charge in [-0.3, -0.25) is 0 Å². The van der Waals surface area contributed by atoms with Crippen LogP contribution >= 0.6 is 0 Å². The maximum Gasteiger partial charge on any atom is 0.162 e. The molecule has 0 amide bonds. The highest BCUT2D eigenvalue weighted by molar-refractivity contribution is 4.70. The molecule has 0 aromatic rings. The Bertz CT molecular complexity index is 103. The van der Waals surface area contributed by atoms with Crippen LogP contribution in [0, 0.1) is 11.8 Å². The highest BCUT2D eigenvalue weighted by atomic mass is 16.5. The van der Waals surface area contributed by atoms with Gasteiger partial charge < -0.3 is 10.2 Å². The van der Waals surface area contributed by atoms with Crippen LogP contribution in [0.1, 0.15) is 40.5 Å². The van der Waals surface area contributed by atoms with Crippen LogP contribution in [0.15, 0.2) is 0 Å². The van der Waals surface area contributed by atoms with Crippen LogP contribution < -0.4 is 0 Å². The second kappa shape index (κ2) is 4.07. The molecule has 0 aliphatic rings. The summed E-state index contributed by atoms with van der Waals surface area (Å²) >= 11 is 0. The van der Waals surface area contributed by atoms with E-state index in [1.165, 1.54) is 6.92 Å². The van der Waals surface area contributed by atoms with E-state index >= 15 is 0 Å². The summed E-state index contributed by atoms with van der Waals surface area (Å²) in [6.07, 6.45) is 1.70. The molecule has 0 rings (SSSR count). The number of hydrogen-bond donors (Lipinski definition) is 2. The Hall–Kier alpha value is -0.0800. The van der Waals surface area contributed by atoms with Gasteiger partial charge in [-0.25, -0.2) is 0 Å². The summed E-state index contributed by atoms with van der Waals surface area (Å²) in [5, 5.41) is 18.6. The summed E-state index contributed by atoms with van der Waals surface area (Å²) in [6.45, 7) is 7.63. The third-order valence-corrected chi connectivity index (χ3v) is 2.02. The topological polar surface area (TPSA) is 40.5 Å². The summed E-state index contributed by atoms with van der Waals surface area (Å²) in [4.78, 5) is 0. The van der Waals surface area contributed by atoms with Crippen LogP contribution in [-0.2, 0) is 0 Å². The van der Waals surface area contributed by atoms with Gasteiger partial charge in [0, 0.05) is 5.92 Å². The normalized spacial score (nSPS) is 15.5. The van der Waals surface area contributed by atoms with Gasteiger partial charge in [0.2, 0.25) is 0 Å². The Morgan fingerprint density at radius 2 is 1.73 bits per heavy atom. The molecule has 2 nitrogen and oxygen atoms in total. The van der Waals surface area contributed by atoms with Gasteiger partial charge in [-0.1, -0.05) is 20.8 Å². The number of hydrogen-bond acceptors (Lipinski definition) is 2. The molecule has 0 bridgehead atoms. The molecule has 0 aliphatic carbocycles. The number of aliphatic hydroxyl groups is 2. The van der Waals surface area contributed by atoms with E-state index < -0.39 is 5.79 Å². The van der Waals surface area contributed by atoms with Crippen molar-refractivity contribution in [3.05, 3.63) is 0 Å². The minimum absolute atomic E-state index is 0.00231. The minimum Gasteiger partial charge on any atom is -0.366 e.